The Kier molecular flexibility index (Phi) is 4.92. The molecular formula is C14H22N6. The van der Waals surface area contributed by atoms with Crippen LogP contribution in [0.15, 0.2) is 18.7 Å². The molecule has 2 rings (SSSR count). The lowest BCUT2D eigenvalue weighted by atomic mass is 10.2. The summed E-state index contributed by atoms with van der Waals surface area (Å²) in [5.41, 5.74) is 1.12. The third kappa shape index (κ3) is 3.26. The molecule has 0 amide bonds. The fraction of sp³-hybridized carbons (Fsp3) is 0.500. The first-order valence-electron chi connectivity index (χ1n) is 7.04. The molecule has 2 aromatic rings. The largest absolute Gasteiger partial charge is 0.370 e. The summed E-state index contributed by atoms with van der Waals surface area (Å²) in [6.07, 6.45) is 7.29. The second-order valence-corrected chi connectivity index (χ2v) is 4.64. The van der Waals surface area contributed by atoms with Crippen LogP contribution in [0.4, 0.5) is 11.6 Å². The Morgan fingerprint density at radius 3 is 2.45 bits per heavy atom. The molecule has 6 heteroatoms. The summed E-state index contributed by atoms with van der Waals surface area (Å²) in [4.78, 5) is 13.0. The van der Waals surface area contributed by atoms with Crippen molar-refractivity contribution < 1.29 is 0 Å². The second-order valence-electron chi connectivity index (χ2n) is 4.64. The van der Waals surface area contributed by atoms with Crippen LogP contribution in [0.1, 0.15) is 31.7 Å². The highest BCUT2D eigenvalue weighted by molar-refractivity contribution is 5.57. The zero-order valence-electron chi connectivity index (χ0n) is 12.3. The van der Waals surface area contributed by atoms with E-state index in [-0.39, 0.29) is 0 Å². The van der Waals surface area contributed by atoms with Crippen molar-refractivity contribution in [3.8, 4) is 0 Å². The highest BCUT2D eigenvalue weighted by Crippen LogP contribution is 2.20. The molecule has 0 aromatic carbocycles. The van der Waals surface area contributed by atoms with E-state index in [9.17, 15) is 0 Å². The molecule has 0 spiro atoms. The highest BCUT2D eigenvalue weighted by Gasteiger charge is 2.09. The van der Waals surface area contributed by atoms with E-state index < -0.39 is 0 Å². The van der Waals surface area contributed by atoms with Crippen LogP contribution in [0.25, 0.3) is 0 Å². The van der Waals surface area contributed by atoms with Gasteiger partial charge in [0.2, 0.25) is 0 Å². The van der Waals surface area contributed by atoms with Gasteiger partial charge in [-0.25, -0.2) is 15.0 Å². The summed E-state index contributed by atoms with van der Waals surface area (Å²) in [6, 6.07) is 0. The zero-order valence-corrected chi connectivity index (χ0v) is 12.3. The molecule has 0 aliphatic rings. The average molecular weight is 274 g/mol. The highest BCUT2D eigenvalue weighted by atomic mass is 15.1. The van der Waals surface area contributed by atoms with Gasteiger partial charge in [0.05, 0.1) is 6.54 Å². The Morgan fingerprint density at radius 1 is 1.10 bits per heavy atom. The first-order valence-corrected chi connectivity index (χ1v) is 7.04. The van der Waals surface area contributed by atoms with Crippen molar-refractivity contribution in [2.45, 2.75) is 33.2 Å². The lowest BCUT2D eigenvalue weighted by molar-refractivity contribution is 0.808. The average Bonchev–Trinajstić information content (AvgIpc) is 2.88. The van der Waals surface area contributed by atoms with E-state index in [1.165, 1.54) is 0 Å². The number of nitrogens with one attached hydrogen (secondary N) is 2. The molecule has 2 N–H and O–H groups in total. The summed E-state index contributed by atoms with van der Waals surface area (Å²) in [5, 5.41) is 6.70. The zero-order chi connectivity index (χ0) is 14.4. The molecule has 0 saturated heterocycles. The van der Waals surface area contributed by atoms with Gasteiger partial charge >= 0.3 is 0 Å². The molecule has 0 aliphatic carbocycles. The number of nitrogens with zero attached hydrogens (tertiary/aromatic N) is 4. The molecule has 0 fully saturated rings. The normalized spacial score (nSPS) is 10.6. The van der Waals surface area contributed by atoms with E-state index in [4.69, 9.17) is 0 Å². The van der Waals surface area contributed by atoms with Crippen LogP contribution in [-0.2, 0) is 20.0 Å². The third-order valence-corrected chi connectivity index (χ3v) is 3.18. The van der Waals surface area contributed by atoms with Gasteiger partial charge in [0.15, 0.2) is 0 Å². The van der Waals surface area contributed by atoms with Crippen molar-refractivity contribution in [3.05, 3.63) is 30.1 Å². The van der Waals surface area contributed by atoms with E-state index >= 15 is 0 Å². The smallest absolute Gasteiger partial charge is 0.135 e. The van der Waals surface area contributed by atoms with Crippen molar-refractivity contribution >= 4 is 11.6 Å². The Bertz CT molecular complexity index is 548. The van der Waals surface area contributed by atoms with Crippen molar-refractivity contribution in [2.75, 3.05) is 17.2 Å². The minimum Gasteiger partial charge on any atom is -0.370 e. The topological polar surface area (TPSA) is 67.7 Å². The van der Waals surface area contributed by atoms with Crippen molar-refractivity contribution in [1.82, 2.24) is 19.5 Å². The van der Waals surface area contributed by atoms with Gasteiger partial charge < -0.3 is 15.2 Å². The number of anilines is 2. The minimum atomic E-state index is 0.654. The van der Waals surface area contributed by atoms with Crippen molar-refractivity contribution in [1.29, 1.82) is 0 Å². The molecule has 0 saturated carbocycles. The minimum absolute atomic E-state index is 0.654. The maximum Gasteiger partial charge on any atom is 0.135 e. The molecular weight excluding hydrogens is 252 g/mol. The summed E-state index contributed by atoms with van der Waals surface area (Å²) >= 11 is 0. The number of hydrogen-bond donors (Lipinski definition) is 2. The number of rotatable bonds is 7. The lowest BCUT2D eigenvalue weighted by Gasteiger charge is -2.14. The predicted octanol–water partition coefficient (Wildman–Crippen LogP) is 2.21. The maximum absolute atomic E-state index is 4.35. The summed E-state index contributed by atoms with van der Waals surface area (Å²) < 4.78 is 2.00. The van der Waals surface area contributed by atoms with Gasteiger partial charge in [-0.15, -0.1) is 0 Å². The maximum atomic E-state index is 4.35. The molecule has 2 heterocycles. The second kappa shape index (κ2) is 6.88. The van der Waals surface area contributed by atoms with Gasteiger partial charge in [0.1, 0.15) is 23.8 Å². The van der Waals surface area contributed by atoms with Gasteiger partial charge in [-0.05, 0) is 12.8 Å². The van der Waals surface area contributed by atoms with E-state index in [2.05, 4.69) is 39.4 Å². The Labute approximate surface area is 119 Å². The third-order valence-electron chi connectivity index (χ3n) is 3.18. The summed E-state index contributed by atoms with van der Waals surface area (Å²) in [6.45, 7) is 5.82. The molecule has 6 nitrogen and oxygen atoms in total. The van der Waals surface area contributed by atoms with Crippen LogP contribution in [-0.4, -0.2) is 26.1 Å². The molecule has 0 atom stereocenters. The lowest BCUT2D eigenvalue weighted by Crippen LogP contribution is -2.12. The molecule has 108 valence electrons. The Hall–Kier alpha value is -2.11. The van der Waals surface area contributed by atoms with Crippen LogP contribution in [0, 0.1) is 0 Å². The number of aromatic nitrogens is 4. The first kappa shape index (κ1) is 14.3. The molecule has 20 heavy (non-hydrogen) atoms. The fourth-order valence-electron chi connectivity index (χ4n) is 2.02. The molecule has 2 aromatic heterocycles. The number of hydrogen-bond acceptors (Lipinski definition) is 5. The molecule has 0 radical (unpaired) electrons. The standard InChI is InChI=1S/C14H22N6/c1-4-6-16-13-11(5-2)14(19-10-18-13)17-9-12-15-7-8-20(12)3/h7-8,10H,4-6,9H2,1-3H3,(H2,16,17,18,19). The van der Waals surface area contributed by atoms with Gasteiger partial charge in [-0.3, -0.25) is 0 Å². The number of aryl methyl sites for hydroxylation is 1. The van der Waals surface area contributed by atoms with Crippen LogP contribution < -0.4 is 10.6 Å². The van der Waals surface area contributed by atoms with E-state index in [1.54, 1.807) is 12.5 Å². The Balaban J connectivity index is 2.12. The van der Waals surface area contributed by atoms with Crippen LogP contribution in [0.3, 0.4) is 0 Å². The molecule has 0 unspecified atom stereocenters. The summed E-state index contributed by atoms with van der Waals surface area (Å²) in [5.74, 6) is 2.78. The molecule has 0 bridgehead atoms. The van der Waals surface area contributed by atoms with Crippen LogP contribution in [0.2, 0.25) is 0 Å². The monoisotopic (exact) mass is 274 g/mol. The Morgan fingerprint density at radius 2 is 1.85 bits per heavy atom. The number of imidazole rings is 1. The van der Waals surface area contributed by atoms with Crippen LogP contribution in [0.5, 0.6) is 0 Å². The first-order chi connectivity index (χ1) is 9.76. The quantitative estimate of drug-likeness (QED) is 0.810. The van der Waals surface area contributed by atoms with Crippen molar-refractivity contribution in [2.24, 2.45) is 7.05 Å². The predicted molar refractivity (Wildman–Crippen MR) is 80.7 cm³/mol. The summed E-state index contributed by atoms with van der Waals surface area (Å²) in [7, 11) is 1.99. The van der Waals surface area contributed by atoms with Gasteiger partial charge in [-0.2, -0.15) is 0 Å². The van der Waals surface area contributed by atoms with E-state index in [0.29, 0.717) is 6.54 Å². The van der Waals surface area contributed by atoms with Gasteiger partial charge in [0, 0.05) is 31.5 Å². The van der Waals surface area contributed by atoms with E-state index in [0.717, 1.165) is 42.4 Å². The van der Waals surface area contributed by atoms with Crippen LogP contribution >= 0.6 is 0 Å². The SMILES string of the molecule is CCCNc1ncnc(NCc2nccn2C)c1CC. The van der Waals surface area contributed by atoms with E-state index in [1.807, 2.05) is 17.8 Å². The van der Waals surface area contributed by atoms with Crippen molar-refractivity contribution in [3.63, 3.8) is 0 Å². The van der Waals surface area contributed by atoms with Gasteiger partial charge in [-0.1, -0.05) is 13.8 Å². The fourth-order valence-corrected chi connectivity index (χ4v) is 2.02. The molecule has 0 aliphatic heterocycles. The van der Waals surface area contributed by atoms with Gasteiger partial charge in [0.25, 0.3) is 0 Å².